The highest BCUT2D eigenvalue weighted by molar-refractivity contribution is 5.46. The molecular formula is C13H9F2N3O. The minimum atomic E-state index is -0.871. The van der Waals surface area contributed by atoms with Gasteiger partial charge in [0.25, 0.3) is 5.88 Å². The molecule has 96 valence electrons. The molecule has 0 aliphatic heterocycles. The summed E-state index contributed by atoms with van der Waals surface area (Å²) in [5, 5.41) is 16.6. The van der Waals surface area contributed by atoms with Gasteiger partial charge in [-0.2, -0.15) is 10.4 Å². The third-order valence-electron chi connectivity index (χ3n) is 2.63. The molecular weight excluding hydrogens is 252 g/mol. The van der Waals surface area contributed by atoms with Crippen LogP contribution in [0.2, 0.25) is 0 Å². The van der Waals surface area contributed by atoms with Gasteiger partial charge in [0.1, 0.15) is 17.4 Å². The normalized spacial score (nSPS) is 10.1. The van der Waals surface area contributed by atoms with Crippen molar-refractivity contribution in [1.29, 1.82) is 5.26 Å². The van der Waals surface area contributed by atoms with Crippen molar-refractivity contribution in [3.05, 3.63) is 46.7 Å². The average molecular weight is 261 g/mol. The Morgan fingerprint density at radius 3 is 2.58 bits per heavy atom. The van der Waals surface area contributed by atoms with Gasteiger partial charge in [0.2, 0.25) is 0 Å². The third kappa shape index (κ3) is 2.50. The summed E-state index contributed by atoms with van der Waals surface area (Å²) < 4.78 is 31.4. The number of rotatable bonds is 2. The van der Waals surface area contributed by atoms with Crippen molar-refractivity contribution in [1.82, 2.24) is 10.2 Å². The Balaban J connectivity index is 2.44. The van der Waals surface area contributed by atoms with E-state index in [4.69, 9.17) is 10.00 Å². The number of aryl methyl sites for hydroxylation is 1. The largest absolute Gasteiger partial charge is 0.433 e. The van der Waals surface area contributed by atoms with Crippen LogP contribution in [-0.2, 0) is 0 Å². The molecule has 0 aliphatic rings. The molecule has 0 N–H and O–H groups in total. The van der Waals surface area contributed by atoms with Gasteiger partial charge in [-0.05, 0) is 31.5 Å². The van der Waals surface area contributed by atoms with Crippen molar-refractivity contribution in [3.8, 4) is 17.7 Å². The lowest BCUT2D eigenvalue weighted by Gasteiger charge is -2.09. The molecule has 1 aromatic heterocycles. The van der Waals surface area contributed by atoms with Crippen LogP contribution in [0, 0.1) is 36.8 Å². The minimum absolute atomic E-state index is 0.101. The monoisotopic (exact) mass is 261 g/mol. The van der Waals surface area contributed by atoms with Crippen LogP contribution in [0.5, 0.6) is 11.6 Å². The van der Waals surface area contributed by atoms with Crippen LogP contribution in [0.4, 0.5) is 8.78 Å². The number of nitriles is 1. The lowest BCUT2D eigenvalue weighted by molar-refractivity contribution is 0.416. The lowest BCUT2D eigenvalue weighted by Crippen LogP contribution is -2.01. The van der Waals surface area contributed by atoms with E-state index in [-0.39, 0.29) is 17.2 Å². The van der Waals surface area contributed by atoms with Crippen molar-refractivity contribution >= 4 is 0 Å². The van der Waals surface area contributed by atoms with Gasteiger partial charge in [0.15, 0.2) is 11.6 Å². The molecule has 0 bridgehead atoms. The van der Waals surface area contributed by atoms with Gasteiger partial charge in [-0.25, -0.2) is 8.78 Å². The molecule has 1 aromatic carbocycles. The van der Waals surface area contributed by atoms with Crippen molar-refractivity contribution in [2.24, 2.45) is 0 Å². The van der Waals surface area contributed by atoms with Gasteiger partial charge in [-0.1, -0.05) is 0 Å². The molecule has 6 heteroatoms. The first-order valence-electron chi connectivity index (χ1n) is 5.40. The SMILES string of the molecule is Cc1nnc(Oc2ccc(F)cc2F)c(C#N)c1C. The first kappa shape index (κ1) is 12.9. The fourth-order valence-electron chi connectivity index (χ4n) is 1.45. The van der Waals surface area contributed by atoms with E-state index >= 15 is 0 Å². The number of ether oxygens (including phenoxy) is 1. The van der Waals surface area contributed by atoms with Gasteiger partial charge in [-0.3, -0.25) is 0 Å². The van der Waals surface area contributed by atoms with E-state index in [9.17, 15) is 8.78 Å². The van der Waals surface area contributed by atoms with Crippen LogP contribution in [0.3, 0.4) is 0 Å². The summed E-state index contributed by atoms with van der Waals surface area (Å²) in [6.45, 7) is 3.39. The topological polar surface area (TPSA) is 58.8 Å². The van der Waals surface area contributed by atoms with E-state index in [2.05, 4.69) is 10.2 Å². The summed E-state index contributed by atoms with van der Waals surface area (Å²) in [4.78, 5) is 0. The van der Waals surface area contributed by atoms with Gasteiger partial charge < -0.3 is 4.74 Å². The number of halogens is 2. The molecule has 2 aromatic rings. The quantitative estimate of drug-likeness (QED) is 0.833. The first-order valence-corrected chi connectivity index (χ1v) is 5.40. The standard InChI is InChI=1S/C13H9F2N3O/c1-7-8(2)17-18-13(10(7)6-16)19-12-4-3-9(14)5-11(12)15/h3-5H,1-2H3. The highest BCUT2D eigenvalue weighted by Gasteiger charge is 2.15. The highest BCUT2D eigenvalue weighted by atomic mass is 19.1. The van der Waals surface area contributed by atoms with Gasteiger partial charge >= 0.3 is 0 Å². The second-order valence-corrected chi connectivity index (χ2v) is 3.88. The second-order valence-electron chi connectivity index (χ2n) is 3.88. The molecule has 0 fully saturated rings. The molecule has 0 spiro atoms. The van der Waals surface area contributed by atoms with Crippen LogP contribution in [0.15, 0.2) is 18.2 Å². The molecule has 0 unspecified atom stereocenters. The number of aromatic nitrogens is 2. The number of nitrogens with zero attached hydrogens (tertiary/aromatic N) is 3. The second kappa shape index (κ2) is 4.98. The van der Waals surface area contributed by atoms with E-state index in [0.29, 0.717) is 17.3 Å². The molecule has 2 rings (SSSR count). The minimum Gasteiger partial charge on any atom is -0.433 e. The molecule has 0 atom stereocenters. The van der Waals surface area contributed by atoms with Gasteiger partial charge in [-0.15, -0.1) is 5.10 Å². The summed E-state index contributed by atoms with van der Waals surface area (Å²) in [6, 6.07) is 4.80. The predicted molar refractivity (Wildman–Crippen MR) is 62.7 cm³/mol. The summed E-state index contributed by atoms with van der Waals surface area (Å²) in [5.41, 5.74) is 1.37. The summed E-state index contributed by atoms with van der Waals surface area (Å²) >= 11 is 0. The molecule has 1 heterocycles. The Labute approximate surface area is 108 Å². The summed E-state index contributed by atoms with van der Waals surface area (Å²) in [7, 11) is 0. The molecule has 19 heavy (non-hydrogen) atoms. The third-order valence-corrected chi connectivity index (χ3v) is 2.63. The van der Waals surface area contributed by atoms with Crippen LogP contribution in [-0.4, -0.2) is 10.2 Å². The van der Waals surface area contributed by atoms with E-state index in [1.54, 1.807) is 13.8 Å². The van der Waals surface area contributed by atoms with Crippen molar-refractivity contribution in [2.75, 3.05) is 0 Å². The molecule has 0 amide bonds. The first-order chi connectivity index (χ1) is 9.02. The van der Waals surface area contributed by atoms with E-state index < -0.39 is 11.6 Å². The number of hydrogen-bond donors (Lipinski definition) is 0. The van der Waals surface area contributed by atoms with Crippen LogP contribution < -0.4 is 4.74 Å². The zero-order valence-corrected chi connectivity index (χ0v) is 10.2. The van der Waals surface area contributed by atoms with E-state index in [0.717, 1.165) is 12.1 Å². The Hall–Kier alpha value is -2.55. The predicted octanol–water partition coefficient (Wildman–Crippen LogP) is 3.04. The maximum absolute atomic E-state index is 13.5. The Morgan fingerprint density at radius 1 is 1.21 bits per heavy atom. The summed E-state index contributed by atoms with van der Waals surface area (Å²) in [5.74, 6) is -1.90. The van der Waals surface area contributed by atoms with Gasteiger partial charge in [0.05, 0.1) is 5.69 Å². The Bertz CT molecular complexity index is 680. The molecule has 0 saturated carbocycles. The molecule has 4 nitrogen and oxygen atoms in total. The zero-order valence-electron chi connectivity index (χ0n) is 10.2. The van der Waals surface area contributed by atoms with Crippen LogP contribution >= 0.6 is 0 Å². The van der Waals surface area contributed by atoms with Crippen molar-refractivity contribution in [3.63, 3.8) is 0 Å². The Morgan fingerprint density at radius 2 is 1.95 bits per heavy atom. The summed E-state index contributed by atoms with van der Waals surface area (Å²) in [6.07, 6.45) is 0. The number of benzene rings is 1. The fraction of sp³-hybridized carbons (Fsp3) is 0.154. The highest BCUT2D eigenvalue weighted by Crippen LogP contribution is 2.27. The number of hydrogen-bond acceptors (Lipinski definition) is 4. The van der Waals surface area contributed by atoms with E-state index in [1.807, 2.05) is 6.07 Å². The fourth-order valence-corrected chi connectivity index (χ4v) is 1.45. The maximum atomic E-state index is 13.5. The average Bonchev–Trinajstić information content (AvgIpc) is 2.37. The molecule has 0 radical (unpaired) electrons. The Kier molecular flexibility index (Phi) is 3.38. The maximum Gasteiger partial charge on any atom is 0.257 e. The van der Waals surface area contributed by atoms with Crippen LogP contribution in [0.1, 0.15) is 16.8 Å². The molecule has 0 aliphatic carbocycles. The van der Waals surface area contributed by atoms with Gasteiger partial charge in [0, 0.05) is 6.07 Å². The van der Waals surface area contributed by atoms with Crippen molar-refractivity contribution in [2.45, 2.75) is 13.8 Å². The van der Waals surface area contributed by atoms with Crippen molar-refractivity contribution < 1.29 is 13.5 Å². The zero-order chi connectivity index (χ0) is 14.0. The molecule has 0 saturated heterocycles. The smallest absolute Gasteiger partial charge is 0.257 e. The van der Waals surface area contributed by atoms with Crippen LogP contribution in [0.25, 0.3) is 0 Å². The van der Waals surface area contributed by atoms with E-state index in [1.165, 1.54) is 0 Å². The lowest BCUT2D eigenvalue weighted by atomic mass is 10.1.